The molecule has 0 aromatic rings. The van der Waals surface area contributed by atoms with E-state index in [2.05, 4.69) is 20.8 Å². The van der Waals surface area contributed by atoms with Crippen LogP contribution in [-0.2, 0) is 19.5 Å². The molecule has 0 aromatic heterocycles. The summed E-state index contributed by atoms with van der Waals surface area (Å²) in [7, 11) is 0. The van der Waals surface area contributed by atoms with Crippen LogP contribution in [0.25, 0.3) is 0 Å². The van der Waals surface area contributed by atoms with Crippen LogP contribution < -0.4 is 0 Å². The van der Waals surface area contributed by atoms with Crippen molar-refractivity contribution < 1.29 is 19.5 Å². The molecule has 0 saturated heterocycles. The van der Waals surface area contributed by atoms with E-state index in [-0.39, 0.29) is 19.5 Å². The Morgan fingerprint density at radius 2 is 1.83 bits per heavy atom. The zero-order chi connectivity index (χ0) is 8.28. The van der Waals surface area contributed by atoms with Gasteiger partial charge in [0, 0.05) is 4.75 Å². The Kier molecular flexibility index (Phi) is 2.75. The van der Waals surface area contributed by atoms with E-state index in [9.17, 15) is 0 Å². The summed E-state index contributed by atoms with van der Waals surface area (Å²) in [6.45, 7) is 7.15. The molecule has 0 heterocycles. The standard InChI is InChI=1S/C10H18S.Rh.3H/c1-9(2)7-4-5-10(3,11)8(9)6-7;;;;/h7-8,11H,4-6H2,1-3H3;;;;. The van der Waals surface area contributed by atoms with Crippen LogP contribution in [0.4, 0.5) is 0 Å². The maximum atomic E-state index is 4.76. The van der Waals surface area contributed by atoms with Crippen molar-refractivity contribution in [3.8, 4) is 0 Å². The molecule has 76 valence electrons. The molecule has 0 nitrogen and oxygen atoms in total. The molecule has 3 saturated carbocycles. The quantitative estimate of drug-likeness (QED) is 0.509. The average molecular weight is 276 g/mol. The SMILES string of the molecule is CC1(S)CCC2CC1C2(C)C.[RhH3]. The van der Waals surface area contributed by atoms with Gasteiger partial charge in [0.1, 0.15) is 0 Å². The van der Waals surface area contributed by atoms with Crippen molar-refractivity contribution in [3.05, 3.63) is 0 Å². The molecule has 3 rings (SSSR count). The Morgan fingerprint density at radius 1 is 1.25 bits per heavy atom. The molecule has 0 N–H and O–H groups in total. The van der Waals surface area contributed by atoms with E-state index >= 15 is 0 Å². The number of hydrogen-bond acceptors (Lipinski definition) is 1. The van der Waals surface area contributed by atoms with Gasteiger partial charge < -0.3 is 0 Å². The second-order valence-electron chi connectivity index (χ2n) is 5.20. The number of fused-ring (bicyclic) bond motifs is 2. The molecule has 3 aliphatic rings. The summed E-state index contributed by atoms with van der Waals surface area (Å²) in [5.41, 5.74) is 0.592. The van der Waals surface area contributed by atoms with Crippen molar-refractivity contribution in [2.45, 2.75) is 44.8 Å². The van der Waals surface area contributed by atoms with Gasteiger partial charge in [-0.15, -0.1) is 0 Å². The van der Waals surface area contributed by atoms with Crippen molar-refractivity contribution in [3.63, 3.8) is 0 Å². The molecule has 3 fully saturated rings. The van der Waals surface area contributed by atoms with E-state index in [1.165, 1.54) is 19.3 Å². The van der Waals surface area contributed by atoms with E-state index < -0.39 is 0 Å². The molecule has 1 radical (unpaired) electrons. The van der Waals surface area contributed by atoms with Gasteiger partial charge in [0.05, 0.1) is 0 Å². The second-order valence-corrected chi connectivity index (χ2v) is 6.22. The summed E-state index contributed by atoms with van der Waals surface area (Å²) >= 11 is 4.76. The topological polar surface area (TPSA) is 0 Å². The van der Waals surface area contributed by atoms with Crippen LogP contribution in [0.2, 0.25) is 0 Å². The van der Waals surface area contributed by atoms with Gasteiger partial charge in [0.25, 0.3) is 0 Å². The summed E-state index contributed by atoms with van der Waals surface area (Å²) in [5, 5.41) is 0. The molecule has 0 aromatic carbocycles. The van der Waals surface area contributed by atoms with Gasteiger partial charge in [-0.05, 0) is 36.5 Å². The molecule has 0 spiro atoms. The third-order valence-electron chi connectivity index (χ3n) is 4.22. The summed E-state index contributed by atoms with van der Waals surface area (Å²) in [4.78, 5) is 0. The average Bonchev–Trinajstić information content (AvgIpc) is 1.84. The van der Waals surface area contributed by atoms with Gasteiger partial charge in [0.15, 0.2) is 0 Å². The van der Waals surface area contributed by atoms with Gasteiger partial charge in [-0.2, -0.15) is 12.6 Å². The minimum atomic E-state index is 0. The summed E-state index contributed by atoms with van der Waals surface area (Å²) in [6.07, 6.45) is 4.17. The molecular formula is C10H21RhS. The van der Waals surface area contributed by atoms with Gasteiger partial charge in [-0.25, -0.2) is 0 Å². The predicted octanol–water partition coefficient (Wildman–Crippen LogP) is 2.33. The fourth-order valence-electron chi connectivity index (χ4n) is 3.20. The Labute approximate surface area is 94.1 Å². The molecule has 3 atom stereocenters. The third kappa shape index (κ3) is 1.30. The number of hydrogen-bond donors (Lipinski definition) is 1. The summed E-state index contributed by atoms with van der Waals surface area (Å²) in [5.74, 6) is 1.88. The molecule has 3 unspecified atom stereocenters. The van der Waals surface area contributed by atoms with Crippen LogP contribution in [0, 0.1) is 17.3 Å². The van der Waals surface area contributed by atoms with Gasteiger partial charge >= 0.3 is 19.5 Å². The first-order chi connectivity index (χ1) is 4.94. The molecular weight excluding hydrogens is 255 g/mol. The zero-order valence-electron chi connectivity index (χ0n) is 8.13. The van der Waals surface area contributed by atoms with Gasteiger partial charge in [0.2, 0.25) is 0 Å². The molecule has 12 heavy (non-hydrogen) atoms. The van der Waals surface area contributed by atoms with Gasteiger partial charge in [-0.1, -0.05) is 20.8 Å². The number of thiol groups is 1. The van der Waals surface area contributed by atoms with Gasteiger partial charge in [-0.3, -0.25) is 0 Å². The molecule has 2 heteroatoms. The fourth-order valence-corrected chi connectivity index (χ4v) is 3.77. The van der Waals surface area contributed by atoms with Crippen molar-refractivity contribution in [1.82, 2.24) is 0 Å². The van der Waals surface area contributed by atoms with E-state index in [0.717, 1.165) is 11.8 Å². The Morgan fingerprint density at radius 3 is 2.08 bits per heavy atom. The van der Waals surface area contributed by atoms with Crippen LogP contribution >= 0.6 is 12.6 Å². The fraction of sp³-hybridized carbons (Fsp3) is 1.00. The van der Waals surface area contributed by atoms with Crippen LogP contribution in [0.1, 0.15) is 40.0 Å². The van der Waals surface area contributed by atoms with E-state index in [4.69, 9.17) is 12.6 Å². The monoisotopic (exact) mass is 276 g/mol. The van der Waals surface area contributed by atoms with Crippen LogP contribution in [-0.4, -0.2) is 4.75 Å². The minimum absolute atomic E-state index is 0. The Hall–Kier alpha value is 0.973. The summed E-state index contributed by atoms with van der Waals surface area (Å²) in [6, 6.07) is 0. The maximum absolute atomic E-state index is 4.76. The van der Waals surface area contributed by atoms with Crippen molar-refractivity contribution >= 4 is 12.6 Å². The normalized spacial score (nSPS) is 49.0. The first-order valence-electron chi connectivity index (χ1n) is 4.67. The van der Waals surface area contributed by atoms with Crippen LogP contribution in [0.15, 0.2) is 0 Å². The van der Waals surface area contributed by atoms with E-state index in [1.54, 1.807) is 0 Å². The Balaban J connectivity index is 0.000000720. The Bertz CT molecular complexity index is 176. The zero-order valence-corrected chi connectivity index (χ0v) is 11.0. The first kappa shape index (κ1) is 11.1. The first-order valence-corrected chi connectivity index (χ1v) is 5.12. The third-order valence-corrected chi connectivity index (χ3v) is 4.76. The van der Waals surface area contributed by atoms with Crippen molar-refractivity contribution in [1.29, 1.82) is 0 Å². The molecule has 2 bridgehead atoms. The van der Waals surface area contributed by atoms with Crippen LogP contribution in [0.3, 0.4) is 0 Å². The van der Waals surface area contributed by atoms with E-state index in [1.807, 2.05) is 0 Å². The second kappa shape index (κ2) is 2.99. The van der Waals surface area contributed by atoms with E-state index in [0.29, 0.717) is 10.2 Å². The number of rotatable bonds is 0. The predicted molar refractivity (Wildman–Crippen MR) is 56.2 cm³/mol. The van der Waals surface area contributed by atoms with Crippen molar-refractivity contribution in [2.75, 3.05) is 0 Å². The summed E-state index contributed by atoms with van der Waals surface area (Å²) < 4.78 is 0.332. The van der Waals surface area contributed by atoms with Crippen molar-refractivity contribution in [2.24, 2.45) is 17.3 Å². The molecule has 0 amide bonds. The molecule has 0 aliphatic heterocycles. The molecule has 3 aliphatic carbocycles. The van der Waals surface area contributed by atoms with Crippen LogP contribution in [0.5, 0.6) is 0 Å².